The molecule has 100 valence electrons. The number of aryl methyl sites for hydroxylation is 1. The van der Waals surface area contributed by atoms with Crippen molar-refractivity contribution in [2.24, 2.45) is 5.84 Å². The Labute approximate surface area is 111 Å². The number of hydrogen-bond donors (Lipinski definition) is 2. The standard InChI is InChI=1S/C14H16N2O3/c1-2-10-5-3-4-6-12(10)19-9-11-7-8-18-13(11)14(17)16-15/h3-8H,2,9,15H2,1H3,(H,16,17). The molecule has 0 aliphatic heterocycles. The number of para-hydroxylation sites is 1. The quantitative estimate of drug-likeness (QED) is 0.490. The van der Waals surface area contributed by atoms with Crippen LogP contribution in [0.15, 0.2) is 41.0 Å². The van der Waals surface area contributed by atoms with Crippen LogP contribution < -0.4 is 16.0 Å². The number of nitrogen functional groups attached to an aromatic ring is 1. The van der Waals surface area contributed by atoms with E-state index in [9.17, 15) is 4.79 Å². The second-order valence-corrected chi connectivity index (χ2v) is 4.00. The molecule has 0 saturated heterocycles. The summed E-state index contributed by atoms with van der Waals surface area (Å²) in [5.74, 6) is 5.61. The molecule has 3 N–H and O–H groups in total. The van der Waals surface area contributed by atoms with Crippen molar-refractivity contribution in [1.29, 1.82) is 0 Å². The van der Waals surface area contributed by atoms with Crippen LogP contribution in [0.5, 0.6) is 5.75 Å². The van der Waals surface area contributed by atoms with Gasteiger partial charge in [0.15, 0.2) is 5.76 Å². The van der Waals surface area contributed by atoms with Gasteiger partial charge < -0.3 is 9.15 Å². The summed E-state index contributed by atoms with van der Waals surface area (Å²) in [7, 11) is 0. The molecule has 0 spiro atoms. The highest BCUT2D eigenvalue weighted by molar-refractivity contribution is 5.92. The second-order valence-electron chi connectivity index (χ2n) is 4.00. The Morgan fingerprint density at radius 2 is 2.11 bits per heavy atom. The first-order valence-corrected chi connectivity index (χ1v) is 6.04. The van der Waals surface area contributed by atoms with Gasteiger partial charge in [0.25, 0.3) is 0 Å². The Bertz CT molecular complexity index is 563. The minimum absolute atomic E-state index is 0.177. The van der Waals surface area contributed by atoms with Crippen LogP contribution in [0.2, 0.25) is 0 Å². The lowest BCUT2D eigenvalue weighted by atomic mass is 10.1. The fourth-order valence-electron chi connectivity index (χ4n) is 1.81. The van der Waals surface area contributed by atoms with E-state index in [1.54, 1.807) is 6.07 Å². The van der Waals surface area contributed by atoms with Gasteiger partial charge >= 0.3 is 5.91 Å². The van der Waals surface area contributed by atoms with Gasteiger partial charge in [0.2, 0.25) is 0 Å². The van der Waals surface area contributed by atoms with Crippen LogP contribution in [0.4, 0.5) is 0 Å². The molecule has 1 aromatic carbocycles. The number of hydrogen-bond acceptors (Lipinski definition) is 4. The Kier molecular flexibility index (Phi) is 4.20. The van der Waals surface area contributed by atoms with Crippen LogP contribution in [0.3, 0.4) is 0 Å². The summed E-state index contributed by atoms with van der Waals surface area (Å²) in [5, 5.41) is 0. The summed E-state index contributed by atoms with van der Waals surface area (Å²) in [6.45, 7) is 2.32. The first kappa shape index (κ1) is 13.2. The van der Waals surface area contributed by atoms with Crippen molar-refractivity contribution < 1.29 is 13.9 Å². The maximum absolute atomic E-state index is 11.4. The lowest BCUT2D eigenvalue weighted by molar-refractivity contribution is 0.0922. The minimum Gasteiger partial charge on any atom is -0.488 e. The smallest absolute Gasteiger partial charge is 0.301 e. The zero-order valence-corrected chi connectivity index (χ0v) is 10.7. The zero-order valence-electron chi connectivity index (χ0n) is 10.7. The van der Waals surface area contributed by atoms with Crippen molar-refractivity contribution in [3.63, 3.8) is 0 Å². The summed E-state index contributed by atoms with van der Waals surface area (Å²) in [5.41, 5.74) is 3.82. The molecular formula is C14H16N2O3. The number of benzene rings is 1. The van der Waals surface area contributed by atoms with Gasteiger partial charge in [-0.15, -0.1) is 0 Å². The van der Waals surface area contributed by atoms with E-state index < -0.39 is 5.91 Å². The van der Waals surface area contributed by atoms with Crippen molar-refractivity contribution >= 4 is 5.91 Å². The monoisotopic (exact) mass is 260 g/mol. The summed E-state index contributed by atoms with van der Waals surface area (Å²) >= 11 is 0. The van der Waals surface area contributed by atoms with Crippen molar-refractivity contribution in [3.8, 4) is 5.75 Å². The number of amides is 1. The Hall–Kier alpha value is -2.27. The number of rotatable bonds is 5. The molecule has 19 heavy (non-hydrogen) atoms. The van der Waals surface area contributed by atoms with Crippen molar-refractivity contribution in [2.45, 2.75) is 20.0 Å². The third-order valence-corrected chi connectivity index (χ3v) is 2.82. The fourth-order valence-corrected chi connectivity index (χ4v) is 1.81. The molecule has 0 aliphatic carbocycles. The molecule has 2 aromatic rings. The number of carbonyl (C=O) groups excluding carboxylic acids is 1. The maximum atomic E-state index is 11.4. The van der Waals surface area contributed by atoms with Crippen LogP contribution in [0.1, 0.15) is 28.6 Å². The van der Waals surface area contributed by atoms with E-state index in [2.05, 4.69) is 6.92 Å². The van der Waals surface area contributed by atoms with E-state index >= 15 is 0 Å². The average molecular weight is 260 g/mol. The maximum Gasteiger partial charge on any atom is 0.301 e. The molecular weight excluding hydrogens is 244 g/mol. The van der Waals surface area contributed by atoms with Crippen LogP contribution in [0.25, 0.3) is 0 Å². The van der Waals surface area contributed by atoms with E-state index in [1.165, 1.54) is 6.26 Å². The molecule has 0 bridgehead atoms. The Morgan fingerprint density at radius 1 is 1.32 bits per heavy atom. The molecule has 0 fully saturated rings. The second kappa shape index (κ2) is 6.06. The van der Waals surface area contributed by atoms with Crippen molar-refractivity contribution in [2.75, 3.05) is 0 Å². The third-order valence-electron chi connectivity index (χ3n) is 2.82. The highest BCUT2D eigenvalue weighted by Gasteiger charge is 2.14. The van der Waals surface area contributed by atoms with Gasteiger partial charge in [-0.05, 0) is 24.1 Å². The van der Waals surface area contributed by atoms with Crippen LogP contribution in [-0.2, 0) is 13.0 Å². The average Bonchev–Trinajstić information content (AvgIpc) is 2.93. The molecule has 5 nitrogen and oxygen atoms in total. The van der Waals surface area contributed by atoms with Crippen molar-refractivity contribution in [3.05, 3.63) is 53.5 Å². The van der Waals surface area contributed by atoms with E-state index in [0.29, 0.717) is 5.56 Å². The Morgan fingerprint density at radius 3 is 2.84 bits per heavy atom. The van der Waals surface area contributed by atoms with E-state index in [1.807, 2.05) is 29.7 Å². The highest BCUT2D eigenvalue weighted by Crippen LogP contribution is 2.21. The van der Waals surface area contributed by atoms with Crippen LogP contribution in [0, 0.1) is 0 Å². The van der Waals surface area contributed by atoms with Gasteiger partial charge in [-0.2, -0.15) is 0 Å². The fraction of sp³-hybridized carbons (Fsp3) is 0.214. The number of hydrazine groups is 1. The first-order chi connectivity index (χ1) is 9.26. The number of nitrogens with two attached hydrogens (primary N) is 1. The van der Waals surface area contributed by atoms with Gasteiger partial charge in [-0.25, -0.2) is 5.84 Å². The van der Waals surface area contributed by atoms with E-state index in [4.69, 9.17) is 15.0 Å². The molecule has 0 saturated carbocycles. The molecule has 0 aliphatic rings. The molecule has 5 heteroatoms. The molecule has 1 heterocycles. The van der Waals surface area contributed by atoms with Gasteiger partial charge in [0.1, 0.15) is 12.4 Å². The summed E-state index contributed by atoms with van der Waals surface area (Å²) in [4.78, 5) is 11.4. The number of nitrogens with one attached hydrogen (secondary N) is 1. The SMILES string of the molecule is CCc1ccccc1OCc1ccoc1C(=O)NN. The summed E-state index contributed by atoms with van der Waals surface area (Å²) in [6, 6.07) is 9.49. The largest absolute Gasteiger partial charge is 0.488 e. The van der Waals surface area contributed by atoms with Gasteiger partial charge in [-0.1, -0.05) is 25.1 Å². The lowest BCUT2D eigenvalue weighted by Gasteiger charge is -2.09. The molecule has 0 radical (unpaired) electrons. The summed E-state index contributed by atoms with van der Waals surface area (Å²) < 4.78 is 10.8. The topological polar surface area (TPSA) is 77.5 Å². The summed E-state index contributed by atoms with van der Waals surface area (Å²) in [6.07, 6.45) is 2.33. The molecule has 1 aromatic heterocycles. The lowest BCUT2D eigenvalue weighted by Crippen LogP contribution is -2.30. The van der Waals surface area contributed by atoms with E-state index in [-0.39, 0.29) is 12.4 Å². The van der Waals surface area contributed by atoms with Gasteiger partial charge in [-0.3, -0.25) is 10.2 Å². The highest BCUT2D eigenvalue weighted by atomic mass is 16.5. The van der Waals surface area contributed by atoms with Crippen LogP contribution >= 0.6 is 0 Å². The third kappa shape index (κ3) is 2.95. The Balaban J connectivity index is 2.11. The zero-order chi connectivity index (χ0) is 13.7. The van der Waals surface area contributed by atoms with Gasteiger partial charge in [0, 0.05) is 5.56 Å². The normalized spacial score (nSPS) is 10.2. The van der Waals surface area contributed by atoms with Gasteiger partial charge in [0.05, 0.1) is 6.26 Å². The van der Waals surface area contributed by atoms with Crippen molar-refractivity contribution in [1.82, 2.24) is 5.43 Å². The predicted octanol–water partition coefficient (Wildman–Crippen LogP) is 2.02. The number of ether oxygens (including phenoxy) is 1. The molecule has 0 atom stereocenters. The first-order valence-electron chi connectivity index (χ1n) is 6.04. The minimum atomic E-state index is -0.465. The number of furan rings is 1. The van der Waals surface area contributed by atoms with Crippen LogP contribution in [-0.4, -0.2) is 5.91 Å². The van der Waals surface area contributed by atoms with E-state index in [0.717, 1.165) is 17.7 Å². The molecule has 2 rings (SSSR count). The molecule has 0 unspecified atom stereocenters. The number of carbonyl (C=O) groups is 1. The molecule has 1 amide bonds. The predicted molar refractivity (Wildman–Crippen MR) is 70.5 cm³/mol.